The molecule has 0 unspecified atom stereocenters. The highest BCUT2D eigenvalue weighted by Gasteiger charge is 2.13. The average molecular weight is 302 g/mol. The summed E-state index contributed by atoms with van der Waals surface area (Å²) in [5.74, 6) is 0.364. The van der Waals surface area contributed by atoms with Crippen molar-refractivity contribution >= 4 is 0 Å². The van der Waals surface area contributed by atoms with Gasteiger partial charge in [-0.1, -0.05) is 80.1 Å². The normalized spacial score (nSPS) is 10.7. The van der Waals surface area contributed by atoms with Crippen LogP contribution in [0.5, 0.6) is 5.75 Å². The molecule has 116 valence electrons. The summed E-state index contributed by atoms with van der Waals surface area (Å²) in [4.78, 5) is 0. The standard InChI is InChI=1S/C22H22O/c1-2-3-10-19-15-20(17-11-6-4-7-12-17)16-21(23)22(19)18-13-8-5-9-14-18/h4-9,11-16,23H,2-3,10H2,1H3. The Morgan fingerprint density at radius 1 is 0.739 bits per heavy atom. The van der Waals surface area contributed by atoms with E-state index in [0.717, 1.165) is 41.5 Å². The summed E-state index contributed by atoms with van der Waals surface area (Å²) in [6.07, 6.45) is 3.25. The SMILES string of the molecule is CCCCc1cc(-c2ccccc2)cc(O)c1-c1ccccc1. The van der Waals surface area contributed by atoms with Crippen LogP contribution in [0.3, 0.4) is 0 Å². The fourth-order valence-electron chi connectivity index (χ4n) is 2.99. The highest BCUT2D eigenvalue weighted by Crippen LogP contribution is 2.37. The van der Waals surface area contributed by atoms with Crippen molar-refractivity contribution < 1.29 is 5.11 Å². The second-order valence-corrected chi connectivity index (χ2v) is 5.87. The van der Waals surface area contributed by atoms with Crippen LogP contribution in [0.4, 0.5) is 0 Å². The summed E-state index contributed by atoms with van der Waals surface area (Å²) < 4.78 is 0. The summed E-state index contributed by atoms with van der Waals surface area (Å²) in [5.41, 5.74) is 5.49. The Morgan fingerprint density at radius 2 is 1.35 bits per heavy atom. The van der Waals surface area contributed by atoms with Gasteiger partial charge in [-0.05, 0) is 41.2 Å². The van der Waals surface area contributed by atoms with Crippen LogP contribution in [0.25, 0.3) is 22.3 Å². The molecule has 0 bridgehead atoms. The number of benzene rings is 3. The van der Waals surface area contributed by atoms with Crippen molar-refractivity contribution in [3.8, 4) is 28.0 Å². The van der Waals surface area contributed by atoms with E-state index in [2.05, 4.69) is 37.3 Å². The minimum absolute atomic E-state index is 0.364. The average Bonchev–Trinajstić information content (AvgIpc) is 2.61. The molecule has 3 rings (SSSR count). The number of hydrogen-bond acceptors (Lipinski definition) is 1. The lowest BCUT2D eigenvalue weighted by atomic mass is 9.91. The molecule has 0 fully saturated rings. The topological polar surface area (TPSA) is 20.2 Å². The molecule has 0 spiro atoms. The number of phenols is 1. The Bertz CT molecular complexity index is 761. The van der Waals surface area contributed by atoms with Crippen molar-refractivity contribution in [2.45, 2.75) is 26.2 Å². The summed E-state index contributed by atoms with van der Waals surface area (Å²) in [6, 6.07) is 24.5. The monoisotopic (exact) mass is 302 g/mol. The fraction of sp³-hybridized carbons (Fsp3) is 0.182. The predicted molar refractivity (Wildman–Crippen MR) is 97.6 cm³/mol. The third-order valence-corrected chi connectivity index (χ3v) is 4.17. The molecule has 1 heteroatoms. The van der Waals surface area contributed by atoms with Gasteiger partial charge in [0.1, 0.15) is 5.75 Å². The first-order valence-corrected chi connectivity index (χ1v) is 8.26. The summed E-state index contributed by atoms with van der Waals surface area (Å²) in [7, 11) is 0. The lowest BCUT2D eigenvalue weighted by Gasteiger charge is -2.15. The van der Waals surface area contributed by atoms with Crippen molar-refractivity contribution in [3.05, 3.63) is 78.4 Å². The third-order valence-electron chi connectivity index (χ3n) is 4.17. The van der Waals surface area contributed by atoms with Crippen molar-refractivity contribution in [3.63, 3.8) is 0 Å². The lowest BCUT2D eigenvalue weighted by molar-refractivity contribution is 0.477. The maximum atomic E-state index is 10.7. The van der Waals surface area contributed by atoms with E-state index in [1.807, 2.05) is 42.5 Å². The van der Waals surface area contributed by atoms with Crippen LogP contribution in [-0.2, 0) is 6.42 Å². The highest BCUT2D eigenvalue weighted by molar-refractivity contribution is 5.79. The molecule has 23 heavy (non-hydrogen) atoms. The van der Waals surface area contributed by atoms with Crippen LogP contribution < -0.4 is 0 Å². The van der Waals surface area contributed by atoms with Crippen LogP contribution in [0.15, 0.2) is 72.8 Å². The fourth-order valence-corrected chi connectivity index (χ4v) is 2.99. The molecule has 1 N–H and O–H groups in total. The van der Waals surface area contributed by atoms with E-state index in [4.69, 9.17) is 0 Å². The van der Waals surface area contributed by atoms with Gasteiger partial charge in [-0.2, -0.15) is 0 Å². The minimum Gasteiger partial charge on any atom is -0.507 e. The number of aryl methyl sites for hydroxylation is 1. The van der Waals surface area contributed by atoms with E-state index in [9.17, 15) is 5.11 Å². The Morgan fingerprint density at radius 3 is 1.96 bits per heavy atom. The van der Waals surface area contributed by atoms with Gasteiger partial charge in [0.05, 0.1) is 0 Å². The van der Waals surface area contributed by atoms with E-state index in [-0.39, 0.29) is 0 Å². The Kier molecular flexibility index (Phi) is 4.77. The molecular weight excluding hydrogens is 280 g/mol. The number of phenolic OH excluding ortho intramolecular Hbond substituents is 1. The van der Waals surface area contributed by atoms with Crippen LogP contribution >= 0.6 is 0 Å². The first-order chi connectivity index (χ1) is 11.3. The van der Waals surface area contributed by atoms with E-state index < -0.39 is 0 Å². The van der Waals surface area contributed by atoms with Gasteiger partial charge in [-0.15, -0.1) is 0 Å². The molecule has 1 nitrogen and oxygen atoms in total. The second kappa shape index (κ2) is 7.15. The van der Waals surface area contributed by atoms with Crippen LogP contribution in [0, 0.1) is 0 Å². The lowest BCUT2D eigenvalue weighted by Crippen LogP contribution is -1.93. The largest absolute Gasteiger partial charge is 0.507 e. The molecule has 0 aliphatic rings. The number of aromatic hydroxyl groups is 1. The predicted octanol–water partition coefficient (Wildman–Crippen LogP) is 6.07. The molecule has 3 aromatic rings. The van der Waals surface area contributed by atoms with E-state index in [1.165, 1.54) is 5.56 Å². The van der Waals surface area contributed by atoms with Gasteiger partial charge in [0, 0.05) is 5.56 Å². The highest BCUT2D eigenvalue weighted by atomic mass is 16.3. The van der Waals surface area contributed by atoms with E-state index >= 15 is 0 Å². The number of rotatable bonds is 5. The van der Waals surface area contributed by atoms with Crippen LogP contribution in [0.2, 0.25) is 0 Å². The maximum absolute atomic E-state index is 10.7. The van der Waals surface area contributed by atoms with Crippen molar-refractivity contribution in [1.82, 2.24) is 0 Å². The zero-order valence-electron chi connectivity index (χ0n) is 13.5. The molecule has 0 aromatic heterocycles. The molecule has 0 aliphatic carbocycles. The maximum Gasteiger partial charge on any atom is 0.124 e. The molecule has 0 heterocycles. The smallest absolute Gasteiger partial charge is 0.124 e. The van der Waals surface area contributed by atoms with Gasteiger partial charge in [0.15, 0.2) is 0 Å². The second-order valence-electron chi connectivity index (χ2n) is 5.87. The minimum atomic E-state index is 0.364. The Labute approximate surface area is 138 Å². The summed E-state index contributed by atoms with van der Waals surface area (Å²) in [6.45, 7) is 2.20. The zero-order valence-corrected chi connectivity index (χ0v) is 13.5. The molecule has 0 aliphatic heterocycles. The van der Waals surface area contributed by atoms with Crippen molar-refractivity contribution in [2.24, 2.45) is 0 Å². The van der Waals surface area contributed by atoms with Gasteiger partial charge in [-0.3, -0.25) is 0 Å². The third kappa shape index (κ3) is 3.45. The van der Waals surface area contributed by atoms with Crippen molar-refractivity contribution in [2.75, 3.05) is 0 Å². The molecule has 0 atom stereocenters. The molecule has 0 amide bonds. The van der Waals surface area contributed by atoms with Gasteiger partial charge >= 0.3 is 0 Å². The zero-order chi connectivity index (χ0) is 16.1. The summed E-state index contributed by atoms with van der Waals surface area (Å²) in [5, 5.41) is 10.7. The van der Waals surface area contributed by atoms with Crippen molar-refractivity contribution in [1.29, 1.82) is 0 Å². The number of unbranched alkanes of at least 4 members (excludes halogenated alkanes) is 1. The van der Waals surface area contributed by atoms with Gasteiger partial charge in [-0.25, -0.2) is 0 Å². The van der Waals surface area contributed by atoms with E-state index in [1.54, 1.807) is 0 Å². The molecule has 3 aromatic carbocycles. The van der Waals surface area contributed by atoms with Crippen LogP contribution in [0.1, 0.15) is 25.3 Å². The quantitative estimate of drug-likeness (QED) is 0.606. The van der Waals surface area contributed by atoms with E-state index in [0.29, 0.717) is 5.75 Å². The molecule has 0 saturated heterocycles. The molecular formula is C22H22O. The first kappa shape index (κ1) is 15.4. The summed E-state index contributed by atoms with van der Waals surface area (Å²) >= 11 is 0. The van der Waals surface area contributed by atoms with Gasteiger partial charge in [0.25, 0.3) is 0 Å². The first-order valence-electron chi connectivity index (χ1n) is 8.26. The molecule has 0 radical (unpaired) electrons. The van der Waals surface area contributed by atoms with Gasteiger partial charge < -0.3 is 5.11 Å². The Hall–Kier alpha value is -2.54. The number of hydrogen-bond donors (Lipinski definition) is 1. The Balaban J connectivity index is 2.12. The molecule has 0 saturated carbocycles. The van der Waals surface area contributed by atoms with Crippen LogP contribution in [-0.4, -0.2) is 5.11 Å². The van der Waals surface area contributed by atoms with Gasteiger partial charge in [0.2, 0.25) is 0 Å².